The molecule has 1 atom stereocenters. The molecule has 0 fully saturated rings. The second-order valence-electron chi connectivity index (χ2n) is 3.98. The lowest BCUT2D eigenvalue weighted by atomic mass is 10.1. The molecular formula is C14H22O2. The minimum absolute atomic E-state index is 0.106. The van der Waals surface area contributed by atoms with E-state index in [9.17, 15) is 0 Å². The topological polar surface area (TPSA) is 40.5 Å². The van der Waals surface area contributed by atoms with Crippen LogP contribution < -0.4 is 0 Å². The Labute approximate surface area is 98.3 Å². The first-order chi connectivity index (χ1) is 7.57. The SMILES string of the molecule is CC(C)C(C)O.OC/C=C/c1ccccc1. The molecule has 0 amide bonds. The van der Waals surface area contributed by atoms with Gasteiger partial charge in [0.1, 0.15) is 0 Å². The predicted octanol–water partition coefficient (Wildman–Crippen LogP) is 2.72. The summed E-state index contributed by atoms with van der Waals surface area (Å²) in [5.41, 5.74) is 1.12. The number of aliphatic hydroxyl groups is 2. The van der Waals surface area contributed by atoms with E-state index in [0.717, 1.165) is 5.56 Å². The van der Waals surface area contributed by atoms with Crippen LogP contribution in [0.15, 0.2) is 36.4 Å². The Bertz CT molecular complexity index is 270. The third-order valence-electron chi connectivity index (χ3n) is 2.18. The van der Waals surface area contributed by atoms with Crippen molar-refractivity contribution in [2.75, 3.05) is 6.61 Å². The van der Waals surface area contributed by atoms with Crippen LogP contribution in [0.2, 0.25) is 0 Å². The molecule has 0 saturated heterocycles. The van der Waals surface area contributed by atoms with Gasteiger partial charge in [-0.1, -0.05) is 56.3 Å². The third-order valence-corrected chi connectivity index (χ3v) is 2.18. The molecular weight excluding hydrogens is 200 g/mol. The van der Waals surface area contributed by atoms with Gasteiger partial charge in [0, 0.05) is 0 Å². The Kier molecular flexibility index (Phi) is 8.49. The van der Waals surface area contributed by atoms with Crippen LogP contribution in [0, 0.1) is 5.92 Å². The number of benzene rings is 1. The maximum absolute atomic E-state index is 8.63. The Balaban J connectivity index is 0.000000325. The van der Waals surface area contributed by atoms with Crippen LogP contribution in [0.25, 0.3) is 6.08 Å². The second-order valence-corrected chi connectivity index (χ2v) is 3.98. The Morgan fingerprint density at radius 1 is 1.12 bits per heavy atom. The summed E-state index contributed by atoms with van der Waals surface area (Å²) in [5, 5.41) is 17.1. The number of rotatable bonds is 3. The van der Waals surface area contributed by atoms with E-state index in [-0.39, 0.29) is 12.7 Å². The minimum atomic E-state index is -0.148. The highest BCUT2D eigenvalue weighted by Crippen LogP contribution is 1.99. The van der Waals surface area contributed by atoms with Crippen molar-refractivity contribution in [2.45, 2.75) is 26.9 Å². The predicted molar refractivity (Wildman–Crippen MR) is 69.1 cm³/mol. The fraction of sp³-hybridized carbons (Fsp3) is 0.429. The maximum atomic E-state index is 8.63. The van der Waals surface area contributed by atoms with E-state index < -0.39 is 0 Å². The van der Waals surface area contributed by atoms with Gasteiger partial charge >= 0.3 is 0 Å². The second kappa shape index (κ2) is 9.13. The van der Waals surface area contributed by atoms with E-state index in [0.29, 0.717) is 5.92 Å². The first-order valence-electron chi connectivity index (χ1n) is 5.58. The molecule has 0 aromatic heterocycles. The van der Waals surface area contributed by atoms with Crippen molar-refractivity contribution < 1.29 is 10.2 Å². The zero-order chi connectivity index (χ0) is 12.4. The van der Waals surface area contributed by atoms with Gasteiger partial charge in [-0.05, 0) is 18.4 Å². The minimum Gasteiger partial charge on any atom is -0.393 e. The maximum Gasteiger partial charge on any atom is 0.0615 e. The van der Waals surface area contributed by atoms with Crippen LogP contribution in [0.5, 0.6) is 0 Å². The smallest absolute Gasteiger partial charge is 0.0615 e. The van der Waals surface area contributed by atoms with Crippen LogP contribution in [0.1, 0.15) is 26.3 Å². The molecule has 0 spiro atoms. The molecule has 1 rings (SSSR count). The molecule has 1 aromatic carbocycles. The van der Waals surface area contributed by atoms with Gasteiger partial charge in [-0.3, -0.25) is 0 Å². The average molecular weight is 222 g/mol. The van der Waals surface area contributed by atoms with Gasteiger partial charge < -0.3 is 10.2 Å². The molecule has 16 heavy (non-hydrogen) atoms. The fourth-order valence-corrected chi connectivity index (χ4v) is 0.753. The van der Waals surface area contributed by atoms with E-state index in [2.05, 4.69) is 0 Å². The van der Waals surface area contributed by atoms with Gasteiger partial charge in [0.25, 0.3) is 0 Å². The Morgan fingerprint density at radius 3 is 2.00 bits per heavy atom. The zero-order valence-corrected chi connectivity index (χ0v) is 10.3. The molecule has 2 heteroatoms. The van der Waals surface area contributed by atoms with Gasteiger partial charge in [0.05, 0.1) is 12.7 Å². The zero-order valence-electron chi connectivity index (χ0n) is 10.3. The van der Waals surface area contributed by atoms with Gasteiger partial charge in [0.15, 0.2) is 0 Å². The van der Waals surface area contributed by atoms with E-state index >= 15 is 0 Å². The summed E-state index contributed by atoms with van der Waals surface area (Å²) in [6.07, 6.45) is 3.46. The highest BCUT2D eigenvalue weighted by atomic mass is 16.3. The fourth-order valence-electron chi connectivity index (χ4n) is 0.753. The molecule has 1 unspecified atom stereocenters. The van der Waals surface area contributed by atoms with Crippen molar-refractivity contribution >= 4 is 6.08 Å². The molecule has 2 nitrogen and oxygen atoms in total. The van der Waals surface area contributed by atoms with Crippen molar-refractivity contribution in [3.8, 4) is 0 Å². The van der Waals surface area contributed by atoms with E-state index in [1.54, 1.807) is 13.0 Å². The van der Waals surface area contributed by atoms with Crippen LogP contribution in [0.3, 0.4) is 0 Å². The van der Waals surface area contributed by atoms with Crippen LogP contribution >= 0.6 is 0 Å². The number of aliphatic hydroxyl groups excluding tert-OH is 2. The molecule has 0 aliphatic heterocycles. The first kappa shape index (κ1) is 14.9. The quantitative estimate of drug-likeness (QED) is 0.825. The normalized spacial score (nSPS) is 12.4. The van der Waals surface area contributed by atoms with Crippen molar-refractivity contribution in [2.24, 2.45) is 5.92 Å². The molecule has 0 heterocycles. The van der Waals surface area contributed by atoms with Crippen LogP contribution in [-0.2, 0) is 0 Å². The molecule has 0 aliphatic carbocycles. The molecule has 0 saturated carbocycles. The van der Waals surface area contributed by atoms with Crippen LogP contribution in [0.4, 0.5) is 0 Å². The summed E-state index contributed by atoms with van der Waals surface area (Å²) in [5.74, 6) is 0.407. The molecule has 2 N–H and O–H groups in total. The summed E-state index contributed by atoms with van der Waals surface area (Å²) < 4.78 is 0. The largest absolute Gasteiger partial charge is 0.393 e. The Hall–Kier alpha value is -1.12. The van der Waals surface area contributed by atoms with Gasteiger partial charge in [-0.2, -0.15) is 0 Å². The lowest BCUT2D eigenvalue weighted by Crippen LogP contribution is -2.07. The monoisotopic (exact) mass is 222 g/mol. The highest BCUT2D eigenvalue weighted by Gasteiger charge is 1.97. The van der Waals surface area contributed by atoms with E-state index in [4.69, 9.17) is 10.2 Å². The lowest BCUT2D eigenvalue weighted by molar-refractivity contribution is 0.144. The van der Waals surface area contributed by atoms with E-state index in [1.807, 2.05) is 50.3 Å². The first-order valence-corrected chi connectivity index (χ1v) is 5.58. The highest BCUT2D eigenvalue weighted by molar-refractivity contribution is 5.48. The van der Waals surface area contributed by atoms with Gasteiger partial charge in [-0.15, -0.1) is 0 Å². The van der Waals surface area contributed by atoms with Crippen LogP contribution in [-0.4, -0.2) is 22.9 Å². The number of hydrogen-bond acceptors (Lipinski definition) is 2. The van der Waals surface area contributed by atoms with Gasteiger partial charge in [-0.25, -0.2) is 0 Å². The summed E-state index contributed by atoms with van der Waals surface area (Å²) in [4.78, 5) is 0. The molecule has 0 aliphatic rings. The summed E-state index contributed by atoms with van der Waals surface area (Å²) >= 11 is 0. The average Bonchev–Trinajstić information content (AvgIpc) is 2.28. The molecule has 0 radical (unpaired) electrons. The third kappa shape index (κ3) is 8.21. The standard InChI is InChI=1S/C9H10O.C5H12O/c10-8-4-7-9-5-2-1-3-6-9;1-4(2)5(3)6/h1-7,10H,8H2;4-6H,1-3H3/b7-4+;. The summed E-state index contributed by atoms with van der Waals surface area (Å²) in [6, 6.07) is 9.89. The summed E-state index contributed by atoms with van der Waals surface area (Å²) in [7, 11) is 0. The van der Waals surface area contributed by atoms with Crippen molar-refractivity contribution in [1.29, 1.82) is 0 Å². The molecule has 0 bridgehead atoms. The van der Waals surface area contributed by atoms with E-state index in [1.165, 1.54) is 0 Å². The van der Waals surface area contributed by atoms with Crippen molar-refractivity contribution in [3.05, 3.63) is 42.0 Å². The summed E-state index contributed by atoms with van der Waals surface area (Å²) in [6.45, 7) is 5.88. The number of hydrogen-bond donors (Lipinski definition) is 2. The Morgan fingerprint density at radius 2 is 1.62 bits per heavy atom. The van der Waals surface area contributed by atoms with Crippen molar-refractivity contribution in [1.82, 2.24) is 0 Å². The lowest BCUT2D eigenvalue weighted by Gasteiger charge is -2.04. The molecule has 1 aromatic rings. The van der Waals surface area contributed by atoms with Crippen molar-refractivity contribution in [3.63, 3.8) is 0 Å². The van der Waals surface area contributed by atoms with Gasteiger partial charge in [0.2, 0.25) is 0 Å². The molecule has 90 valence electrons.